The van der Waals surface area contributed by atoms with Gasteiger partial charge < -0.3 is 0 Å². The molecular weight excluding hydrogens is 312 g/mol. The zero-order valence-corrected chi connectivity index (χ0v) is 14.2. The van der Waals surface area contributed by atoms with Gasteiger partial charge in [0.15, 0.2) is 0 Å². The van der Waals surface area contributed by atoms with Crippen LogP contribution in [0.3, 0.4) is 0 Å². The summed E-state index contributed by atoms with van der Waals surface area (Å²) in [4.78, 5) is 0. The topological polar surface area (TPSA) is 0 Å². The molecule has 0 aromatic heterocycles. The highest BCUT2D eigenvalue weighted by atomic mass is 14.1. The van der Waals surface area contributed by atoms with Crippen molar-refractivity contribution in [2.45, 2.75) is 70.2 Å². The van der Waals surface area contributed by atoms with Gasteiger partial charge in [0.2, 0.25) is 0 Å². The maximum Gasteiger partial charge on any atom is -0.00268 e. The Morgan fingerprint density at radius 1 is 0.423 bits per heavy atom. The molecule has 4 rings (SSSR count). The Hall–Kier alpha value is -2.08. The average molecular weight is 355 g/mol. The fraction of sp³-hybridized carbons (Fsp3) is 0.385. The van der Waals surface area contributed by atoms with E-state index in [1.165, 1.54) is 45.2 Å². The van der Waals surface area contributed by atoms with Crippen LogP contribution < -0.4 is 0 Å². The lowest BCUT2D eigenvalue weighted by atomic mass is 9.95. The van der Waals surface area contributed by atoms with E-state index in [4.69, 9.17) is 0 Å². The van der Waals surface area contributed by atoms with E-state index in [-0.39, 0.29) is 29.7 Å². The predicted octanol–water partition coefficient (Wildman–Crippen LogP) is 9.96. The second-order valence-corrected chi connectivity index (χ2v) is 5.70. The molecule has 0 fully saturated rings. The van der Waals surface area contributed by atoms with Crippen molar-refractivity contribution in [3.63, 3.8) is 0 Å². The van der Waals surface area contributed by atoms with Crippen molar-refractivity contribution in [3.8, 4) is 0 Å². The molecule has 0 aliphatic heterocycles. The fourth-order valence-electron chi connectivity index (χ4n) is 2.67. The molecule has 4 aromatic carbocycles. The molecule has 0 aliphatic carbocycles. The van der Waals surface area contributed by atoms with E-state index in [1.807, 2.05) is 0 Å². The first kappa shape index (κ1) is 28.7. The Balaban J connectivity index is -0.000000477. The van der Waals surface area contributed by atoms with Crippen molar-refractivity contribution in [1.82, 2.24) is 0 Å². The third kappa shape index (κ3) is 6.02. The van der Waals surface area contributed by atoms with Crippen LogP contribution in [0.1, 0.15) is 70.2 Å². The van der Waals surface area contributed by atoms with E-state index in [1.54, 1.807) is 0 Å². The summed E-state index contributed by atoms with van der Waals surface area (Å²) >= 11 is 0. The van der Waals surface area contributed by atoms with Gasteiger partial charge in [-0.15, -0.1) is 0 Å². The zero-order valence-electron chi connectivity index (χ0n) is 14.2. The lowest BCUT2D eigenvalue weighted by molar-refractivity contribution is 1.09. The molecule has 0 aliphatic rings. The highest BCUT2D eigenvalue weighted by Crippen LogP contribution is 2.33. The molecule has 0 saturated carbocycles. The lowest BCUT2D eigenvalue weighted by Gasteiger charge is -2.09. The maximum atomic E-state index is 2.21. The van der Waals surface area contributed by atoms with Gasteiger partial charge in [-0.3, -0.25) is 0 Å². The van der Waals surface area contributed by atoms with Gasteiger partial charge in [0, 0.05) is 0 Å². The SMILES string of the molecule is C.C.C.C.CCC.CCC.c1cc2ccc3cccc4ccc(c1)c2c34. The second kappa shape index (κ2) is 14.1. The molecule has 0 heterocycles. The number of rotatable bonds is 0. The fourth-order valence-corrected chi connectivity index (χ4v) is 2.67. The van der Waals surface area contributed by atoms with Crippen molar-refractivity contribution >= 4 is 32.3 Å². The van der Waals surface area contributed by atoms with Crippen LogP contribution in [0.15, 0.2) is 60.7 Å². The van der Waals surface area contributed by atoms with Crippen molar-refractivity contribution in [3.05, 3.63) is 60.7 Å². The Morgan fingerprint density at radius 2 is 0.615 bits per heavy atom. The standard InChI is InChI=1S/C16H10.2C3H8.4CH4/c1-3-11-7-9-13-5-2-6-14-10-8-12(4-1)15(11)16(13)14;2*1-3-2;;;;/h1-10H;2*3H2,1-2H3;4*1H4. The van der Waals surface area contributed by atoms with Crippen LogP contribution in [0, 0.1) is 0 Å². The van der Waals surface area contributed by atoms with Gasteiger partial charge in [-0.05, 0) is 32.3 Å². The van der Waals surface area contributed by atoms with E-state index in [9.17, 15) is 0 Å². The minimum absolute atomic E-state index is 0. The molecule has 4 aromatic rings. The molecule has 0 spiro atoms. The monoisotopic (exact) mass is 354 g/mol. The van der Waals surface area contributed by atoms with E-state index in [0.29, 0.717) is 0 Å². The highest BCUT2D eigenvalue weighted by molar-refractivity contribution is 6.22. The van der Waals surface area contributed by atoms with Crippen LogP contribution in [0.4, 0.5) is 0 Å². The molecule has 0 unspecified atom stereocenters. The molecule has 146 valence electrons. The lowest BCUT2D eigenvalue weighted by Crippen LogP contribution is -1.82. The van der Waals surface area contributed by atoms with Crippen LogP contribution in [0.5, 0.6) is 0 Å². The van der Waals surface area contributed by atoms with Gasteiger partial charge in [0.1, 0.15) is 0 Å². The van der Waals surface area contributed by atoms with E-state index in [2.05, 4.69) is 88.4 Å². The Kier molecular flexibility index (Phi) is 15.6. The van der Waals surface area contributed by atoms with Crippen LogP contribution in [0.25, 0.3) is 32.3 Å². The first-order valence-electron chi connectivity index (χ1n) is 8.39. The molecule has 0 radical (unpaired) electrons. The maximum absolute atomic E-state index is 2.21. The third-order valence-electron chi connectivity index (χ3n) is 3.39. The molecule has 0 atom stereocenters. The van der Waals surface area contributed by atoms with Crippen molar-refractivity contribution in [1.29, 1.82) is 0 Å². The quantitative estimate of drug-likeness (QED) is 0.275. The average Bonchev–Trinajstić information content (AvgIpc) is 2.54. The molecule has 0 nitrogen and oxygen atoms in total. The van der Waals surface area contributed by atoms with Crippen molar-refractivity contribution in [2.75, 3.05) is 0 Å². The Labute approximate surface area is 163 Å². The minimum Gasteiger partial charge on any atom is -0.0776 e. The van der Waals surface area contributed by atoms with Gasteiger partial charge in [-0.2, -0.15) is 0 Å². The van der Waals surface area contributed by atoms with E-state index >= 15 is 0 Å². The predicted molar refractivity (Wildman–Crippen MR) is 129 cm³/mol. The highest BCUT2D eigenvalue weighted by Gasteiger charge is 2.05. The van der Waals surface area contributed by atoms with Gasteiger partial charge in [0.25, 0.3) is 0 Å². The van der Waals surface area contributed by atoms with Crippen LogP contribution in [0.2, 0.25) is 0 Å². The van der Waals surface area contributed by atoms with E-state index < -0.39 is 0 Å². The van der Waals surface area contributed by atoms with Gasteiger partial charge in [0.05, 0.1) is 0 Å². The zero-order chi connectivity index (χ0) is 15.9. The summed E-state index contributed by atoms with van der Waals surface area (Å²) in [5, 5.41) is 8.14. The first-order valence-corrected chi connectivity index (χ1v) is 8.39. The smallest absolute Gasteiger partial charge is 0.00268 e. The van der Waals surface area contributed by atoms with Gasteiger partial charge in [-0.25, -0.2) is 0 Å². The summed E-state index contributed by atoms with van der Waals surface area (Å²) < 4.78 is 0. The summed E-state index contributed by atoms with van der Waals surface area (Å²) in [5.41, 5.74) is 0. The summed E-state index contributed by atoms with van der Waals surface area (Å²) in [6, 6.07) is 21.9. The van der Waals surface area contributed by atoms with Crippen molar-refractivity contribution < 1.29 is 0 Å². The molecule has 0 amide bonds. The van der Waals surface area contributed by atoms with Gasteiger partial charge in [-0.1, -0.05) is 131 Å². The second-order valence-electron chi connectivity index (χ2n) is 5.70. The van der Waals surface area contributed by atoms with E-state index in [0.717, 1.165) is 0 Å². The summed E-state index contributed by atoms with van der Waals surface area (Å²) in [6.07, 6.45) is 2.50. The molecule has 0 saturated heterocycles. The summed E-state index contributed by atoms with van der Waals surface area (Å²) in [7, 11) is 0. The number of hydrogen-bond acceptors (Lipinski definition) is 0. The molecule has 0 heteroatoms. The number of hydrogen-bond donors (Lipinski definition) is 0. The minimum atomic E-state index is 0. The number of benzene rings is 4. The molecular formula is C26H42. The third-order valence-corrected chi connectivity index (χ3v) is 3.39. The largest absolute Gasteiger partial charge is 0.0776 e. The Bertz CT molecular complexity index is 695. The summed E-state index contributed by atoms with van der Waals surface area (Å²) in [6.45, 7) is 8.50. The van der Waals surface area contributed by atoms with Crippen molar-refractivity contribution in [2.24, 2.45) is 0 Å². The van der Waals surface area contributed by atoms with Crippen LogP contribution in [-0.2, 0) is 0 Å². The molecule has 0 bridgehead atoms. The summed E-state index contributed by atoms with van der Waals surface area (Å²) in [5.74, 6) is 0. The molecule has 26 heavy (non-hydrogen) atoms. The molecule has 0 N–H and O–H groups in total. The first-order chi connectivity index (χ1) is 10.8. The Morgan fingerprint density at radius 3 is 0.808 bits per heavy atom. The van der Waals surface area contributed by atoms with Crippen LogP contribution >= 0.6 is 0 Å². The normalized spacial score (nSPS) is 8.62. The van der Waals surface area contributed by atoms with Gasteiger partial charge >= 0.3 is 0 Å². The van der Waals surface area contributed by atoms with Crippen LogP contribution in [-0.4, -0.2) is 0 Å².